The van der Waals surface area contributed by atoms with Crippen LogP contribution in [-0.4, -0.2) is 25.7 Å². The Hall–Kier alpha value is -3.55. The molecule has 5 aromatic rings. The van der Waals surface area contributed by atoms with Crippen molar-refractivity contribution >= 4 is 44.7 Å². The molecule has 0 aliphatic heterocycles. The van der Waals surface area contributed by atoms with Gasteiger partial charge >= 0.3 is 0 Å². The molecule has 0 aliphatic carbocycles. The topological polar surface area (TPSA) is 72.7 Å². The second kappa shape index (κ2) is 8.53. The van der Waals surface area contributed by atoms with Gasteiger partial charge in [-0.3, -0.25) is 15.1 Å². The van der Waals surface area contributed by atoms with E-state index in [9.17, 15) is 4.79 Å². The van der Waals surface area contributed by atoms with Crippen LogP contribution in [0.1, 0.15) is 21.6 Å². The fourth-order valence-corrected chi connectivity index (χ4v) is 4.61. The van der Waals surface area contributed by atoms with E-state index in [4.69, 9.17) is 11.6 Å². The number of nitrogens with zero attached hydrogens (tertiary/aromatic N) is 4. The number of halogens is 1. The van der Waals surface area contributed by atoms with Crippen molar-refractivity contribution in [3.8, 4) is 11.4 Å². The van der Waals surface area contributed by atoms with Gasteiger partial charge in [-0.1, -0.05) is 66.2 Å². The van der Waals surface area contributed by atoms with Crippen LogP contribution in [0, 0.1) is 6.92 Å². The van der Waals surface area contributed by atoms with E-state index >= 15 is 0 Å². The minimum atomic E-state index is -0.335. The Morgan fingerprint density at radius 3 is 2.72 bits per heavy atom. The Morgan fingerprint density at radius 1 is 1.09 bits per heavy atom. The Labute approximate surface area is 193 Å². The highest BCUT2D eigenvalue weighted by atomic mass is 35.5. The molecular formula is C24H18ClN5OS. The summed E-state index contributed by atoms with van der Waals surface area (Å²) in [6.07, 6.45) is 1.76. The molecule has 0 unspecified atom stereocenters. The normalized spacial score (nSPS) is 11.1. The van der Waals surface area contributed by atoms with E-state index in [1.165, 1.54) is 11.3 Å². The molecular weight excluding hydrogens is 442 g/mol. The fourth-order valence-electron chi connectivity index (χ4n) is 3.60. The molecule has 0 saturated carbocycles. The average molecular weight is 460 g/mol. The van der Waals surface area contributed by atoms with Crippen LogP contribution in [-0.2, 0) is 6.54 Å². The number of carbonyl (C=O) groups excluding carboxylic acids is 1. The number of benzene rings is 2. The summed E-state index contributed by atoms with van der Waals surface area (Å²) >= 11 is 7.86. The average Bonchev–Trinajstić information content (AvgIpc) is 3.37. The number of aryl methyl sites for hydroxylation is 1. The van der Waals surface area contributed by atoms with Gasteiger partial charge in [-0.05, 0) is 23.9 Å². The number of hydrogen-bond acceptors (Lipinski definition) is 5. The van der Waals surface area contributed by atoms with E-state index in [2.05, 4.69) is 20.4 Å². The van der Waals surface area contributed by atoms with Crippen LogP contribution in [0.3, 0.4) is 0 Å². The highest BCUT2D eigenvalue weighted by Crippen LogP contribution is 2.30. The van der Waals surface area contributed by atoms with Gasteiger partial charge in [-0.2, -0.15) is 5.10 Å². The van der Waals surface area contributed by atoms with Crippen molar-refractivity contribution in [1.29, 1.82) is 0 Å². The predicted molar refractivity (Wildman–Crippen MR) is 128 cm³/mol. The lowest BCUT2D eigenvalue weighted by molar-refractivity contribution is 0.102. The third-order valence-electron chi connectivity index (χ3n) is 5.11. The second-order valence-electron chi connectivity index (χ2n) is 7.27. The molecule has 0 atom stereocenters. The van der Waals surface area contributed by atoms with Crippen LogP contribution in [0.2, 0.25) is 5.15 Å². The van der Waals surface area contributed by atoms with Gasteiger partial charge in [0.25, 0.3) is 5.91 Å². The van der Waals surface area contributed by atoms with E-state index in [-0.39, 0.29) is 5.91 Å². The van der Waals surface area contributed by atoms with E-state index in [1.54, 1.807) is 17.8 Å². The number of amides is 1. The van der Waals surface area contributed by atoms with Crippen molar-refractivity contribution < 1.29 is 4.79 Å². The molecule has 6 nitrogen and oxygen atoms in total. The molecule has 8 heteroatoms. The molecule has 158 valence electrons. The highest BCUT2D eigenvalue weighted by molar-refractivity contribution is 7.14. The zero-order chi connectivity index (χ0) is 22.1. The van der Waals surface area contributed by atoms with Crippen LogP contribution < -0.4 is 5.32 Å². The summed E-state index contributed by atoms with van der Waals surface area (Å²) in [4.78, 5) is 22.1. The number of carbonyl (C=O) groups is 1. The largest absolute Gasteiger partial charge is 0.298 e. The van der Waals surface area contributed by atoms with Crippen molar-refractivity contribution in [1.82, 2.24) is 19.7 Å². The Kier molecular flexibility index (Phi) is 5.43. The van der Waals surface area contributed by atoms with Crippen LogP contribution in [0.4, 0.5) is 5.13 Å². The van der Waals surface area contributed by atoms with Crippen LogP contribution in [0.25, 0.3) is 22.2 Å². The monoisotopic (exact) mass is 459 g/mol. The summed E-state index contributed by atoms with van der Waals surface area (Å²) in [6.45, 7) is 2.26. The van der Waals surface area contributed by atoms with Gasteiger partial charge in [-0.25, -0.2) is 9.67 Å². The zero-order valence-corrected chi connectivity index (χ0v) is 18.7. The van der Waals surface area contributed by atoms with Crippen molar-refractivity contribution in [2.24, 2.45) is 0 Å². The molecule has 3 heterocycles. The summed E-state index contributed by atoms with van der Waals surface area (Å²) < 4.78 is 1.63. The molecule has 0 radical (unpaired) electrons. The van der Waals surface area contributed by atoms with Crippen LogP contribution >= 0.6 is 22.9 Å². The van der Waals surface area contributed by atoms with E-state index < -0.39 is 0 Å². The smallest absolute Gasteiger partial charge is 0.262 e. The number of anilines is 1. The number of hydrogen-bond donors (Lipinski definition) is 1. The second-order valence-corrected chi connectivity index (χ2v) is 8.48. The SMILES string of the molecule is Cc1nn(Cc2ccccc2)c(Cl)c1C(=O)Nc1nc(-c2nccc3ccccc23)cs1. The number of aromatic nitrogens is 4. The van der Waals surface area contributed by atoms with Gasteiger partial charge < -0.3 is 0 Å². The van der Waals surface area contributed by atoms with Gasteiger partial charge in [0, 0.05) is 17.0 Å². The van der Waals surface area contributed by atoms with E-state index in [0.29, 0.717) is 33.8 Å². The van der Waals surface area contributed by atoms with Crippen LogP contribution in [0.5, 0.6) is 0 Å². The van der Waals surface area contributed by atoms with Crippen molar-refractivity contribution in [3.63, 3.8) is 0 Å². The maximum absolute atomic E-state index is 13.0. The zero-order valence-electron chi connectivity index (χ0n) is 17.1. The number of thiazole rings is 1. The lowest BCUT2D eigenvalue weighted by Gasteiger charge is -2.04. The highest BCUT2D eigenvalue weighted by Gasteiger charge is 2.22. The van der Waals surface area contributed by atoms with Crippen molar-refractivity contribution in [3.05, 3.63) is 94.2 Å². The van der Waals surface area contributed by atoms with Gasteiger partial charge in [0.2, 0.25) is 0 Å². The summed E-state index contributed by atoms with van der Waals surface area (Å²) in [5.41, 5.74) is 3.46. The quantitative estimate of drug-likeness (QED) is 0.359. The lowest BCUT2D eigenvalue weighted by Crippen LogP contribution is -2.13. The molecule has 32 heavy (non-hydrogen) atoms. The van der Waals surface area contributed by atoms with Gasteiger partial charge in [0.1, 0.15) is 10.8 Å². The van der Waals surface area contributed by atoms with Crippen molar-refractivity contribution in [2.45, 2.75) is 13.5 Å². The van der Waals surface area contributed by atoms with E-state index in [0.717, 1.165) is 22.0 Å². The van der Waals surface area contributed by atoms with E-state index in [1.807, 2.05) is 66.0 Å². The summed E-state index contributed by atoms with van der Waals surface area (Å²) in [6, 6.07) is 19.8. The molecule has 0 spiro atoms. The first-order valence-electron chi connectivity index (χ1n) is 9.98. The maximum atomic E-state index is 13.0. The first-order valence-corrected chi connectivity index (χ1v) is 11.2. The Morgan fingerprint density at radius 2 is 1.88 bits per heavy atom. The van der Waals surface area contributed by atoms with Gasteiger partial charge in [0.05, 0.1) is 23.5 Å². The minimum absolute atomic E-state index is 0.302. The third kappa shape index (κ3) is 3.88. The summed E-state index contributed by atoms with van der Waals surface area (Å²) in [5, 5.41) is 12.1. The molecule has 5 rings (SSSR count). The molecule has 0 saturated heterocycles. The van der Waals surface area contributed by atoms with Gasteiger partial charge in [0.15, 0.2) is 5.13 Å². The number of rotatable bonds is 5. The van der Waals surface area contributed by atoms with Crippen LogP contribution in [0.15, 0.2) is 72.2 Å². The molecule has 2 aromatic carbocycles. The first-order chi connectivity index (χ1) is 15.6. The molecule has 1 amide bonds. The number of fused-ring (bicyclic) bond motifs is 1. The number of nitrogens with one attached hydrogen (secondary N) is 1. The summed E-state index contributed by atoms with van der Waals surface area (Å²) in [5.74, 6) is -0.335. The van der Waals surface area contributed by atoms with Crippen molar-refractivity contribution in [2.75, 3.05) is 5.32 Å². The predicted octanol–water partition coefficient (Wildman–Crippen LogP) is 5.82. The molecule has 0 aliphatic rings. The molecule has 0 bridgehead atoms. The Balaban J connectivity index is 1.39. The molecule has 1 N–H and O–H groups in total. The fraction of sp³-hybridized carbons (Fsp3) is 0.0833. The minimum Gasteiger partial charge on any atom is -0.298 e. The maximum Gasteiger partial charge on any atom is 0.262 e. The lowest BCUT2D eigenvalue weighted by atomic mass is 10.1. The number of pyridine rings is 1. The third-order valence-corrected chi connectivity index (χ3v) is 6.25. The standard InChI is InChI=1S/C24H18ClN5OS/c1-15-20(22(25)30(29-15)13-16-7-3-2-4-8-16)23(31)28-24-27-19(14-32-24)21-18-10-6-5-9-17(18)11-12-26-21/h2-12,14H,13H2,1H3,(H,27,28,31). The van der Waals surface area contributed by atoms with Gasteiger partial charge in [-0.15, -0.1) is 11.3 Å². The first kappa shape index (κ1) is 20.4. The molecule has 3 aromatic heterocycles. The molecule has 0 fully saturated rings. The summed E-state index contributed by atoms with van der Waals surface area (Å²) in [7, 11) is 0. The Bertz CT molecular complexity index is 1420.